The van der Waals surface area contributed by atoms with Crippen molar-refractivity contribution in [1.29, 1.82) is 0 Å². The summed E-state index contributed by atoms with van der Waals surface area (Å²) in [5.41, 5.74) is 3.31. The lowest BCUT2D eigenvalue weighted by Gasteiger charge is -2.29. The molecule has 0 spiro atoms. The minimum atomic E-state index is -0.230. The number of nitrogens with zero attached hydrogens (tertiary/aromatic N) is 2. The summed E-state index contributed by atoms with van der Waals surface area (Å²) in [6.07, 6.45) is 0. The first-order valence-corrected chi connectivity index (χ1v) is 10.9. The number of amides is 1. The summed E-state index contributed by atoms with van der Waals surface area (Å²) in [6, 6.07) is 13.2. The van der Waals surface area contributed by atoms with Crippen LogP contribution in [0.3, 0.4) is 0 Å². The third-order valence-corrected chi connectivity index (χ3v) is 5.87. The largest absolute Gasteiger partial charge is 0.486 e. The van der Waals surface area contributed by atoms with Crippen LogP contribution in [0, 0.1) is 6.92 Å². The fourth-order valence-electron chi connectivity index (χ4n) is 3.15. The lowest BCUT2D eigenvalue weighted by atomic mass is 10.1. The van der Waals surface area contributed by atoms with Gasteiger partial charge in [-0.1, -0.05) is 11.6 Å². The Hall–Kier alpha value is -2.61. The number of aryl methyl sites for hydroxylation is 1. The second-order valence-electron chi connectivity index (χ2n) is 6.92. The molecule has 1 aliphatic heterocycles. The van der Waals surface area contributed by atoms with Gasteiger partial charge in [-0.05, 0) is 55.0 Å². The Kier molecular flexibility index (Phi) is 6.52. The molecule has 30 heavy (non-hydrogen) atoms. The fourth-order valence-corrected chi connectivity index (χ4v) is 3.96. The van der Waals surface area contributed by atoms with Gasteiger partial charge in [0.25, 0.3) is 5.91 Å². The van der Waals surface area contributed by atoms with E-state index in [-0.39, 0.29) is 5.91 Å². The number of thiazole rings is 1. The zero-order chi connectivity index (χ0) is 20.9. The summed E-state index contributed by atoms with van der Waals surface area (Å²) < 4.78 is 11.1. The molecule has 0 atom stereocenters. The number of morpholine rings is 1. The van der Waals surface area contributed by atoms with Crippen LogP contribution in [-0.2, 0) is 11.3 Å². The molecule has 4 rings (SSSR count). The highest BCUT2D eigenvalue weighted by molar-refractivity contribution is 7.09. The summed E-state index contributed by atoms with van der Waals surface area (Å²) in [7, 11) is 0. The molecule has 1 aliphatic rings. The molecule has 1 saturated heterocycles. The van der Waals surface area contributed by atoms with Gasteiger partial charge >= 0.3 is 0 Å². The van der Waals surface area contributed by atoms with Gasteiger partial charge in [0.2, 0.25) is 0 Å². The van der Waals surface area contributed by atoms with Gasteiger partial charge < -0.3 is 19.7 Å². The van der Waals surface area contributed by atoms with Crippen LogP contribution in [0.25, 0.3) is 0 Å². The maximum absolute atomic E-state index is 12.6. The molecule has 0 bridgehead atoms. The van der Waals surface area contributed by atoms with Crippen LogP contribution >= 0.6 is 22.9 Å². The average molecular weight is 444 g/mol. The molecule has 156 valence electrons. The highest BCUT2D eigenvalue weighted by Crippen LogP contribution is 2.24. The molecule has 0 radical (unpaired) electrons. The molecular weight excluding hydrogens is 422 g/mol. The van der Waals surface area contributed by atoms with Crippen LogP contribution < -0.4 is 15.0 Å². The molecule has 0 saturated carbocycles. The summed E-state index contributed by atoms with van der Waals surface area (Å²) in [6.45, 7) is 5.53. The molecular formula is C22H22ClN3O3S. The van der Waals surface area contributed by atoms with Crippen LogP contribution in [0.1, 0.15) is 21.1 Å². The Labute approximate surface area is 184 Å². The van der Waals surface area contributed by atoms with Crippen molar-refractivity contribution in [2.75, 3.05) is 36.5 Å². The first-order valence-electron chi connectivity index (χ1n) is 9.66. The predicted octanol–water partition coefficient (Wildman–Crippen LogP) is 4.77. The summed E-state index contributed by atoms with van der Waals surface area (Å²) in [4.78, 5) is 19.3. The molecule has 6 nitrogen and oxygen atoms in total. The topological polar surface area (TPSA) is 63.7 Å². The molecule has 3 aromatic rings. The number of hydrogen-bond acceptors (Lipinski definition) is 6. The van der Waals surface area contributed by atoms with Crippen molar-refractivity contribution in [3.8, 4) is 5.75 Å². The number of ether oxygens (including phenoxy) is 2. The minimum absolute atomic E-state index is 0.230. The molecule has 1 N–H and O–H groups in total. The van der Waals surface area contributed by atoms with Crippen LogP contribution in [0.5, 0.6) is 5.75 Å². The van der Waals surface area contributed by atoms with Gasteiger partial charge in [0.05, 0.1) is 13.2 Å². The second-order valence-corrected chi connectivity index (χ2v) is 8.30. The molecule has 2 heterocycles. The number of halogens is 1. The molecule has 0 unspecified atom stereocenters. The summed E-state index contributed by atoms with van der Waals surface area (Å²) >= 11 is 7.27. The third-order valence-electron chi connectivity index (χ3n) is 4.79. The summed E-state index contributed by atoms with van der Waals surface area (Å²) in [5, 5.41) is 6.09. The molecule has 1 aromatic heterocycles. The van der Waals surface area contributed by atoms with Crippen molar-refractivity contribution >= 4 is 40.2 Å². The van der Waals surface area contributed by atoms with Crippen molar-refractivity contribution < 1.29 is 14.3 Å². The van der Waals surface area contributed by atoms with E-state index in [2.05, 4.69) is 21.3 Å². The van der Waals surface area contributed by atoms with E-state index in [1.54, 1.807) is 29.6 Å². The van der Waals surface area contributed by atoms with Crippen molar-refractivity contribution in [3.05, 3.63) is 69.1 Å². The monoisotopic (exact) mass is 443 g/mol. The number of aromatic nitrogens is 1. The van der Waals surface area contributed by atoms with Gasteiger partial charge in [0.15, 0.2) is 0 Å². The van der Waals surface area contributed by atoms with E-state index in [9.17, 15) is 4.79 Å². The number of rotatable bonds is 6. The highest BCUT2D eigenvalue weighted by Gasteiger charge is 2.15. The zero-order valence-electron chi connectivity index (χ0n) is 16.6. The Morgan fingerprint density at radius 3 is 2.73 bits per heavy atom. The first kappa shape index (κ1) is 20.7. The molecule has 2 aromatic carbocycles. The Bertz CT molecular complexity index is 1020. The van der Waals surface area contributed by atoms with E-state index in [0.29, 0.717) is 23.1 Å². The van der Waals surface area contributed by atoms with Gasteiger partial charge in [0, 0.05) is 34.9 Å². The van der Waals surface area contributed by atoms with Crippen molar-refractivity contribution in [3.63, 3.8) is 0 Å². The number of nitrogens with one attached hydrogen (secondary N) is 1. The van der Waals surface area contributed by atoms with Crippen LogP contribution in [0.4, 0.5) is 11.4 Å². The molecule has 8 heteroatoms. The number of benzene rings is 2. The maximum Gasteiger partial charge on any atom is 0.275 e. The zero-order valence-corrected chi connectivity index (χ0v) is 18.1. The minimum Gasteiger partial charge on any atom is -0.486 e. The normalized spacial score (nSPS) is 13.9. The number of hydrogen-bond donors (Lipinski definition) is 1. The molecule has 1 amide bonds. The third kappa shape index (κ3) is 5.11. The fraction of sp³-hybridized carbons (Fsp3) is 0.273. The standard InChI is InChI=1S/C22H22ClN3O3S/c1-15-12-17(26-8-10-28-11-9-26)4-7-19(15)25-22(27)20-14-30-21(24-20)13-29-18-5-2-16(23)3-6-18/h2-7,12,14H,8-11,13H2,1H3,(H,25,27). The molecule has 0 aliphatic carbocycles. The van der Waals surface area contributed by atoms with Gasteiger partial charge in [-0.15, -0.1) is 11.3 Å². The van der Waals surface area contributed by atoms with Crippen molar-refractivity contribution in [1.82, 2.24) is 4.98 Å². The van der Waals surface area contributed by atoms with E-state index in [4.69, 9.17) is 21.1 Å². The first-order chi connectivity index (χ1) is 14.6. The smallest absolute Gasteiger partial charge is 0.275 e. The lowest BCUT2D eigenvalue weighted by molar-refractivity contribution is 0.102. The van der Waals surface area contributed by atoms with Gasteiger partial charge in [-0.25, -0.2) is 4.98 Å². The average Bonchev–Trinajstić information content (AvgIpc) is 3.25. The SMILES string of the molecule is Cc1cc(N2CCOCC2)ccc1NC(=O)c1csc(COc2ccc(Cl)cc2)n1. The highest BCUT2D eigenvalue weighted by atomic mass is 35.5. The van der Waals surface area contributed by atoms with E-state index in [1.807, 2.05) is 19.1 Å². The van der Waals surface area contributed by atoms with E-state index >= 15 is 0 Å². The number of carbonyl (C=O) groups is 1. The summed E-state index contributed by atoms with van der Waals surface area (Å²) in [5.74, 6) is 0.475. The van der Waals surface area contributed by atoms with E-state index in [1.165, 1.54) is 11.3 Å². The van der Waals surface area contributed by atoms with Crippen LogP contribution in [0.15, 0.2) is 47.8 Å². The van der Waals surface area contributed by atoms with Crippen molar-refractivity contribution in [2.45, 2.75) is 13.5 Å². The van der Waals surface area contributed by atoms with Gasteiger partial charge in [-0.2, -0.15) is 0 Å². The van der Waals surface area contributed by atoms with E-state index in [0.717, 1.165) is 48.2 Å². The maximum atomic E-state index is 12.6. The Morgan fingerprint density at radius 1 is 1.23 bits per heavy atom. The quantitative estimate of drug-likeness (QED) is 0.594. The Morgan fingerprint density at radius 2 is 2.00 bits per heavy atom. The molecule has 1 fully saturated rings. The number of carbonyl (C=O) groups excluding carboxylic acids is 1. The van der Waals surface area contributed by atoms with Gasteiger partial charge in [-0.3, -0.25) is 4.79 Å². The van der Waals surface area contributed by atoms with Crippen LogP contribution in [0.2, 0.25) is 5.02 Å². The lowest BCUT2D eigenvalue weighted by Crippen LogP contribution is -2.36. The van der Waals surface area contributed by atoms with Crippen molar-refractivity contribution in [2.24, 2.45) is 0 Å². The number of anilines is 2. The second kappa shape index (κ2) is 9.47. The Balaban J connectivity index is 1.36. The van der Waals surface area contributed by atoms with E-state index < -0.39 is 0 Å². The predicted molar refractivity (Wildman–Crippen MR) is 120 cm³/mol. The van der Waals surface area contributed by atoms with Gasteiger partial charge in [0.1, 0.15) is 23.1 Å². The van der Waals surface area contributed by atoms with Crippen LogP contribution in [-0.4, -0.2) is 37.2 Å².